The van der Waals surface area contributed by atoms with Crippen LogP contribution < -0.4 is 0 Å². The molecule has 0 spiro atoms. The summed E-state index contributed by atoms with van der Waals surface area (Å²) in [6, 6.07) is 4.38. The molecule has 1 aliphatic heterocycles. The Labute approximate surface area is 123 Å². The molecule has 0 aromatic heterocycles. The van der Waals surface area contributed by atoms with E-state index in [0.717, 1.165) is 50.0 Å². The van der Waals surface area contributed by atoms with Crippen LogP contribution in [0.1, 0.15) is 63.5 Å². The van der Waals surface area contributed by atoms with E-state index >= 15 is 0 Å². The summed E-state index contributed by atoms with van der Waals surface area (Å²) in [4.78, 5) is 0. The number of hydrogen-bond donors (Lipinski definition) is 1. The van der Waals surface area contributed by atoms with Gasteiger partial charge < -0.3 is 9.47 Å². The zero-order valence-corrected chi connectivity index (χ0v) is 13.1. The summed E-state index contributed by atoms with van der Waals surface area (Å²) in [6.45, 7) is 6.58. The predicted octanol–water partition coefficient (Wildman–Crippen LogP) is 5.14. The van der Waals surface area contributed by atoms with Gasteiger partial charge in [-0.2, -0.15) is 0 Å². The second-order valence-electron chi connectivity index (χ2n) is 5.91. The molecule has 112 valence electrons. The third kappa shape index (κ3) is 3.68. The molecule has 1 aromatic rings. The van der Waals surface area contributed by atoms with E-state index in [2.05, 4.69) is 30.3 Å². The molecule has 0 unspecified atom stereocenters. The van der Waals surface area contributed by atoms with Gasteiger partial charge in [0.05, 0.1) is 0 Å². The number of unbranched alkanes of at least 4 members (excludes halogenated alkanes) is 2. The van der Waals surface area contributed by atoms with E-state index in [9.17, 15) is 5.11 Å². The summed E-state index contributed by atoms with van der Waals surface area (Å²) in [6.07, 6.45) is 9.15. The van der Waals surface area contributed by atoms with Gasteiger partial charge in [-0.15, -0.1) is 0 Å². The van der Waals surface area contributed by atoms with Gasteiger partial charge in [0.1, 0.15) is 5.75 Å². The quantitative estimate of drug-likeness (QED) is 0.685. The summed E-state index contributed by atoms with van der Waals surface area (Å²) in [5.41, 5.74) is 2.27. The van der Waals surface area contributed by atoms with E-state index in [1.807, 2.05) is 0 Å². The van der Waals surface area contributed by atoms with Crippen molar-refractivity contribution >= 4 is 0 Å². The largest absolute Gasteiger partial charge is 0.572 e. The first-order valence-corrected chi connectivity index (χ1v) is 8.28. The van der Waals surface area contributed by atoms with Crippen LogP contribution >= 0.6 is 0 Å². The van der Waals surface area contributed by atoms with Crippen molar-refractivity contribution in [2.24, 2.45) is 0 Å². The molecule has 2 nitrogen and oxygen atoms in total. The van der Waals surface area contributed by atoms with Gasteiger partial charge in [0.15, 0.2) is 13.2 Å². The lowest BCUT2D eigenvalue weighted by Gasteiger charge is -2.20. The highest BCUT2D eigenvalue weighted by Gasteiger charge is 2.21. The second-order valence-corrected chi connectivity index (χ2v) is 5.91. The Bertz CT molecular complexity index is 390. The average Bonchev–Trinajstić information content (AvgIpc) is 2.99. The molecule has 1 aromatic carbocycles. The Morgan fingerprint density at radius 3 is 1.90 bits per heavy atom. The predicted molar refractivity (Wildman–Crippen MR) is 84.8 cm³/mol. The summed E-state index contributed by atoms with van der Waals surface area (Å²) in [7, 11) is 0. The van der Waals surface area contributed by atoms with Gasteiger partial charge in [0.25, 0.3) is 5.75 Å². The van der Waals surface area contributed by atoms with Crippen LogP contribution in [0.2, 0.25) is 0 Å². The molecule has 0 amide bonds. The van der Waals surface area contributed by atoms with Gasteiger partial charge in [-0.05, 0) is 25.7 Å². The highest BCUT2D eigenvalue weighted by atomic mass is 16.7. The minimum absolute atomic E-state index is 0.551. The first-order valence-electron chi connectivity index (χ1n) is 8.28. The Morgan fingerprint density at radius 1 is 0.950 bits per heavy atom. The van der Waals surface area contributed by atoms with Crippen molar-refractivity contribution in [2.45, 2.75) is 65.2 Å². The lowest BCUT2D eigenvalue weighted by Crippen LogP contribution is -2.03. The van der Waals surface area contributed by atoms with Crippen LogP contribution in [-0.4, -0.2) is 18.3 Å². The molecule has 2 heteroatoms. The molecule has 1 aliphatic rings. The highest BCUT2D eigenvalue weighted by molar-refractivity contribution is 5.47. The van der Waals surface area contributed by atoms with Gasteiger partial charge in [0.2, 0.25) is 0 Å². The Balaban J connectivity index is 2.26. The van der Waals surface area contributed by atoms with Crippen LogP contribution in [0, 0.1) is 0 Å². The zero-order valence-electron chi connectivity index (χ0n) is 13.1. The highest BCUT2D eigenvalue weighted by Crippen LogP contribution is 2.37. The average molecular weight is 277 g/mol. The summed E-state index contributed by atoms with van der Waals surface area (Å²) >= 11 is 0. The molecule has 1 N–H and O–H groups in total. The van der Waals surface area contributed by atoms with Crippen LogP contribution in [0.25, 0.3) is 0 Å². The molecule has 2 rings (SSSR count). The second kappa shape index (κ2) is 7.56. The lowest BCUT2D eigenvalue weighted by molar-refractivity contribution is -0.0116. The number of aryl methyl sites for hydroxylation is 2. The van der Waals surface area contributed by atoms with Crippen molar-refractivity contribution < 1.29 is 9.47 Å². The van der Waals surface area contributed by atoms with Crippen LogP contribution in [0.15, 0.2) is 12.1 Å². The summed E-state index contributed by atoms with van der Waals surface area (Å²) in [5, 5.41) is 10.5. The van der Waals surface area contributed by atoms with E-state index in [-0.39, 0.29) is 0 Å². The number of phenols is 1. The standard InChI is InChI=1S/C18H28O2/c1-3-5-9-15-13-17(20-11-7-8-12-20)14-16(18(15)19)10-6-4-2/h13-14H,3-12H2,1-2H3/p+1. The van der Waals surface area contributed by atoms with Crippen molar-refractivity contribution in [1.82, 2.24) is 0 Å². The minimum atomic E-state index is 0.551. The zero-order chi connectivity index (χ0) is 14.4. The van der Waals surface area contributed by atoms with Gasteiger partial charge in [-0.25, -0.2) is 0 Å². The van der Waals surface area contributed by atoms with Crippen molar-refractivity contribution in [3.8, 4) is 11.5 Å². The number of hydrogen-bond acceptors (Lipinski definition) is 1. The Hall–Kier alpha value is -1.18. The maximum atomic E-state index is 10.5. The van der Waals surface area contributed by atoms with Crippen molar-refractivity contribution in [3.05, 3.63) is 23.3 Å². The molecule has 0 bridgehead atoms. The Kier molecular flexibility index (Phi) is 5.75. The number of phenolic OH excluding ortho intramolecular Hbond substituents is 1. The Morgan fingerprint density at radius 2 is 1.45 bits per heavy atom. The van der Waals surface area contributed by atoms with Crippen LogP contribution in [0.4, 0.5) is 0 Å². The number of rotatable bonds is 7. The number of benzene rings is 1. The molecular weight excluding hydrogens is 248 g/mol. The maximum absolute atomic E-state index is 10.5. The van der Waals surface area contributed by atoms with Gasteiger partial charge in [0, 0.05) is 36.1 Å². The van der Waals surface area contributed by atoms with E-state index in [0.29, 0.717) is 5.75 Å². The summed E-state index contributed by atoms with van der Waals surface area (Å²) < 4.78 is 3.34. The first kappa shape index (κ1) is 15.2. The molecular formula is C18H29O2+. The van der Waals surface area contributed by atoms with Gasteiger partial charge >= 0.3 is 0 Å². The van der Waals surface area contributed by atoms with Crippen LogP contribution in [-0.2, 0) is 17.2 Å². The van der Waals surface area contributed by atoms with E-state index in [4.69, 9.17) is 0 Å². The molecule has 1 heterocycles. The van der Waals surface area contributed by atoms with Crippen molar-refractivity contribution in [1.29, 1.82) is 0 Å². The third-order valence-electron chi connectivity index (χ3n) is 4.21. The third-order valence-corrected chi connectivity index (χ3v) is 4.21. The summed E-state index contributed by atoms with van der Waals surface area (Å²) in [5.74, 6) is 1.80. The number of aromatic hydroxyl groups is 1. The smallest absolute Gasteiger partial charge is 0.256 e. The molecule has 0 aliphatic carbocycles. The SMILES string of the molecule is CCCCc1cc([O+]2CCCC2)cc(CCCC)c1O. The molecule has 0 saturated carbocycles. The topological polar surface area (TPSA) is 22.9 Å². The lowest BCUT2D eigenvalue weighted by atomic mass is 9.99. The fourth-order valence-electron chi connectivity index (χ4n) is 2.90. The molecule has 1 fully saturated rings. The molecule has 0 atom stereocenters. The fraction of sp³-hybridized carbons (Fsp3) is 0.667. The molecule has 0 radical (unpaired) electrons. The van der Waals surface area contributed by atoms with E-state index in [1.165, 1.54) is 31.4 Å². The van der Waals surface area contributed by atoms with Gasteiger partial charge in [-0.1, -0.05) is 26.7 Å². The molecule has 1 saturated heterocycles. The van der Waals surface area contributed by atoms with E-state index < -0.39 is 0 Å². The molecule has 20 heavy (non-hydrogen) atoms. The van der Waals surface area contributed by atoms with Crippen molar-refractivity contribution in [3.63, 3.8) is 0 Å². The van der Waals surface area contributed by atoms with E-state index in [1.54, 1.807) is 0 Å². The normalized spacial score (nSPS) is 15.0. The fourth-order valence-corrected chi connectivity index (χ4v) is 2.90. The first-order chi connectivity index (χ1) is 9.76. The van der Waals surface area contributed by atoms with Crippen LogP contribution in [0.3, 0.4) is 0 Å². The van der Waals surface area contributed by atoms with Crippen molar-refractivity contribution in [2.75, 3.05) is 13.2 Å². The minimum Gasteiger partial charge on any atom is -0.572 e. The monoisotopic (exact) mass is 277 g/mol. The van der Waals surface area contributed by atoms with Crippen LogP contribution in [0.5, 0.6) is 11.5 Å². The maximum Gasteiger partial charge on any atom is 0.256 e. The van der Waals surface area contributed by atoms with Gasteiger partial charge in [-0.3, -0.25) is 0 Å².